The number of rotatable bonds is 11. The number of alkyl halides is 1. The summed E-state index contributed by atoms with van der Waals surface area (Å²) in [5.74, 6) is 0.00601. The highest BCUT2D eigenvalue weighted by molar-refractivity contribution is 9.09. The van der Waals surface area contributed by atoms with Crippen LogP contribution in [0.5, 0.6) is 0 Å². The molecule has 0 rings (SSSR count). The van der Waals surface area contributed by atoms with Crippen LogP contribution in [-0.4, -0.2) is 19.6 Å². The Kier molecular flexibility index (Phi) is 11.1. The van der Waals surface area contributed by atoms with E-state index in [1.807, 2.05) is 0 Å². The second kappa shape index (κ2) is 11.0. The monoisotopic (exact) mass is 336 g/mol. The lowest BCUT2D eigenvalue weighted by Gasteiger charge is -2.17. The van der Waals surface area contributed by atoms with Crippen LogP contribution in [0.25, 0.3) is 0 Å². The molecular formula is C14H29BrO2Si. The second-order valence-corrected chi connectivity index (χ2v) is 11.1. The van der Waals surface area contributed by atoms with Crippen molar-refractivity contribution in [2.24, 2.45) is 0 Å². The number of halogens is 1. The zero-order chi connectivity index (χ0) is 13.9. The smallest absolute Gasteiger partial charge is 0.292 e. The molecular weight excluding hydrogens is 308 g/mol. The summed E-state index contributed by atoms with van der Waals surface area (Å²) in [6.07, 6.45) is 10.7. The van der Waals surface area contributed by atoms with Crippen molar-refractivity contribution < 1.29 is 9.22 Å². The fourth-order valence-corrected chi connectivity index (χ4v) is 3.00. The van der Waals surface area contributed by atoms with E-state index in [-0.39, 0.29) is 5.97 Å². The average Bonchev–Trinajstić information content (AvgIpc) is 2.24. The molecule has 0 atom stereocenters. The number of hydrogen-bond acceptors (Lipinski definition) is 2. The van der Waals surface area contributed by atoms with Crippen molar-refractivity contribution in [1.82, 2.24) is 0 Å². The van der Waals surface area contributed by atoms with Gasteiger partial charge in [0.05, 0.1) is 0 Å². The Bertz CT molecular complexity index is 214. The fourth-order valence-electron chi connectivity index (χ4n) is 1.82. The molecule has 0 saturated carbocycles. The summed E-state index contributed by atoms with van der Waals surface area (Å²) < 4.78 is 5.41. The first kappa shape index (κ1) is 18.2. The van der Waals surface area contributed by atoms with Gasteiger partial charge in [-0.2, -0.15) is 0 Å². The largest absolute Gasteiger partial charge is 0.520 e. The van der Waals surface area contributed by atoms with Gasteiger partial charge >= 0.3 is 0 Å². The van der Waals surface area contributed by atoms with E-state index < -0.39 is 8.32 Å². The van der Waals surface area contributed by atoms with E-state index in [1.165, 1.54) is 44.9 Å². The maximum absolute atomic E-state index is 11.5. The van der Waals surface area contributed by atoms with Gasteiger partial charge in [0.25, 0.3) is 5.97 Å². The van der Waals surface area contributed by atoms with Crippen LogP contribution in [0.3, 0.4) is 0 Å². The van der Waals surface area contributed by atoms with Gasteiger partial charge in [0.15, 0.2) is 0 Å². The summed E-state index contributed by atoms with van der Waals surface area (Å²) in [5.41, 5.74) is 0. The molecule has 0 aliphatic carbocycles. The van der Waals surface area contributed by atoms with Crippen LogP contribution in [0.15, 0.2) is 0 Å². The molecule has 0 aliphatic heterocycles. The van der Waals surface area contributed by atoms with Gasteiger partial charge in [-0.05, 0) is 32.5 Å². The third-order valence-electron chi connectivity index (χ3n) is 2.68. The molecule has 108 valence electrons. The van der Waals surface area contributed by atoms with Crippen molar-refractivity contribution in [1.29, 1.82) is 0 Å². The number of unbranched alkanes of at least 4 members (excludes halogenated alkanes) is 7. The fraction of sp³-hybridized carbons (Fsp3) is 0.929. The van der Waals surface area contributed by atoms with Crippen LogP contribution in [0, 0.1) is 0 Å². The lowest BCUT2D eigenvalue weighted by Crippen LogP contribution is -2.28. The molecule has 0 saturated heterocycles. The Morgan fingerprint density at radius 1 is 0.889 bits per heavy atom. The Morgan fingerprint density at radius 3 is 1.78 bits per heavy atom. The van der Waals surface area contributed by atoms with Gasteiger partial charge in [-0.1, -0.05) is 54.5 Å². The molecule has 0 unspecified atom stereocenters. The summed E-state index contributed by atoms with van der Waals surface area (Å²) in [5, 5.41) is 1.13. The molecule has 0 bridgehead atoms. The summed E-state index contributed by atoms with van der Waals surface area (Å²) in [6, 6.07) is 0. The topological polar surface area (TPSA) is 26.3 Å². The molecule has 0 aromatic carbocycles. The van der Waals surface area contributed by atoms with Gasteiger partial charge in [0.2, 0.25) is 8.32 Å². The highest BCUT2D eigenvalue weighted by Gasteiger charge is 2.19. The molecule has 0 amide bonds. The van der Waals surface area contributed by atoms with Gasteiger partial charge in [0, 0.05) is 11.8 Å². The molecule has 18 heavy (non-hydrogen) atoms. The molecule has 4 heteroatoms. The Hall–Kier alpha value is 0.167. The van der Waals surface area contributed by atoms with E-state index in [0.29, 0.717) is 6.42 Å². The molecule has 0 aliphatic rings. The SMILES string of the molecule is C[Si](C)(C)OC(=O)CCCCCCCCCCBr. The molecule has 2 nitrogen and oxygen atoms in total. The molecule has 0 fully saturated rings. The lowest BCUT2D eigenvalue weighted by molar-refractivity contribution is -0.135. The van der Waals surface area contributed by atoms with E-state index in [2.05, 4.69) is 35.6 Å². The lowest BCUT2D eigenvalue weighted by atomic mass is 10.1. The van der Waals surface area contributed by atoms with E-state index in [1.54, 1.807) is 0 Å². The Labute approximate surface area is 122 Å². The third-order valence-corrected chi connectivity index (χ3v) is 4.09. The first-order chi connectivity index (χ1) is 8.45. The number of carbonyl (C=O) groups is 1. The Balaban J connectivity index is 3.23. The van der Waals surface area contributed by atoms with Crippen LogP contribution in [-0.2, 0) is 9.22 Å². The summed E-state index contributed by atoms with van der Waals surface area (Å²) >= 11 is 3.45. The molecule has 0 N–H and O–H groups in total. The Morgan fingerprint density at radius 2 is 1.33 bits per heavy atom. The summed E-state index contributed by atoms with van der Waals surface area (Å²) in [6.45, 7) is 6.16. The van der Waals surface area contributed by atoms with Crippen LogP contribution < -0.4 is 0 Å². The van der Waals surface area contributed by atoms with Gasteiger partial charge in [-0.15, -0.1) is 0 Å². The van der Waals surface area contributed by atoms with Crippen LogP contribution in [0.1, 0.15) is 57.8 Å². The van der Waals surface area contributed by atoms with Crippen LogP contribution >= 0.6 is 15.9 Å². The minimum Gasteiger partial charge on any atom is -0.520 e. The van der Waals surface area contributed by atoms with Gasteiger partial charge in [-0.25, -0.2) is 0 Å². The highest BCUT2D eigenvalue weighted by Crippen LogP contribution is 2.11. The van der Waals surface area contributed by atoms with Crippen molar-refractivity contribution in [2.75, 3.05) is 5.33 Å². The predicted octanol–water partition coefficient (Wildman–Crippen LogP) is 5.27. The second-order valence-electron chi connectivity index (χ2n) is 5.85. The zero-order valence-electron chi connectivity index (χ0n) is 12.3. The number of hydrogen-bond donors (Lipinski definition) is 0. The number of carbonyl (C=O) groups excluding carboxylic acids is 1. The highest BCUT2D eigenvalue weighted by atomic mass is 79.9. The minimum absolute atomic E-state index is 0.00601. The molecule has 0 spiro atoms. The summed E-state index contributed by atoms with van der Waals surface area (Å²) in [7, 11) is -1.67. The molecule has 0 aromatic heterocycles. The predicted molar refractivity (Wildman–Crippen MR) is 84.8 cm³/mol. The van der Waals surface area contributed by atoms with E-state index in [0.717, 1.165) is 11.8 Å². The molecule has 0 aromatic rings. The third kappa shape index (κ3) is 14.2. The van der Waals surface area contributed by atoms with Crippen LogP contribution in [0.2, 0.25) is 19.6 Å². The van der Waals surface area contributed by atoms with E-state index in [4.69, 9.17) is 4.43 Å². The first-order valence-electron chi connectivity index (χ1n) is 7.23. The van der Waals surface area contributed by atoms with Crippen molar-refractivity contribution >= 4 is 30.2 Å². The quantitative estimate of drug-likeness (QED) is 0.292. The summed E-state index contributed by atoms with van der Waals surface area (Å²) in [4.78, 5) is 11.5. The van der Waals surface area contributed by atoms with Crippen LogP contribution in [0.4, 0.5) is 0 Å². The first-order valence-corrected chi connectivity index (χ1v) is 11.8. The maximum Gasteiger partial charge on any atom is 0.292 e. The van der Waals surface area contributed by atoms with Crippen molar-refractivity contribution in [3.8, 4) is 0 Å². The van der Waals surface area contributed by atoms with Crippen molar-refractivity contribution in [3.63, 3.8) is 0 Å². The zero-order valence-corrected chi connectivity index (χ0v) is 14.9. The molecule has 0 heterocycles. The maximum atomic E-state index is 11.5. The van der Waals surface area contributed by atoms with Gasteiger partial charge in [0.1, 0.15) is 0 Å². The van der Waals surface area contributed by atoms with E-state index in [9.17, 15) is 4.79 Å². The van der Waals surface area contributed by atoms with Gasteiger partial charge < -0.3 is 4.43 Å². The minimum atomic E-state index is -1.67. The van der Waals surface area contributed by atoms with Gasteiger partial charge in [-0.3, -0.25) is 4.79 Å². The average molecular weight is 337 g/mol. The van der Waals surface area contributed by atoms with Crippen molar-refractivity contribution in [3.05, 3.63) is 0 Å². The normalized spacial score (nSPS) is 11.6. The van der Waals surface area contributed by atoms with Crippen molar-refractivity contribution in [2.45, 2.75) is 77.4 Å². The molecule has 0 radical (unpaired) electrons. The van der Waals surface area contributed by atoms with E-state index >= 15 is 0 Å². The standard InChI is InChI=1S/C14H29BrO2Si/c1-18(2,3)17-14(16)12-10-8-6-4-5-7-9-11-13-15/h4-13H2,1-3H3.